The average Bonchev–Trinajstić information content (AvgIpc) is 2.65. The second-order valence-corrected chi connectivity index (χ2v) is 2.59. The monoisotopic (exact) mass is 195 g/mol. The van der Waals surface area contributed by atoms with Gasteiger partial charge in [-0.25, -0.2) is 9.78 Å². The molecule has 7 heteroatoms. The van der Waals surface area contributed by atoms with E-state index in [1.54, 1.807) is 0 Å². The fourth-order valence-corrected chi connectivity index (χ4v) is 0.852. The molecule has 74 valence electrons. The molecule has 0 saturated carbocycles. The SMILES string of the molecule is C=CC(NC(=O)n1ccnc1)B(O)O. The van der Waals surface area contributed by atoms with E-state index < -0.39 is 19.1 Å². The Kier molecular flexibility index (Phi) is 3.44. The molecule has 1 unspecified atom stereocenters. The predicted octanol–water partition coefficient (Wildman–Crippen LogP) is -0.993. The molecule has 0 radical (unpaired) electrons. The van der Waals surface area contributed by atoms with E-state index in [2.05, 4.69) is 16.9 Å². The van der Waals surface area contributed by atoms with Crippen molar-refractivity contribution < 1.29 is 14.8 Å². The minimum atomic E-state index is -1.67. The number of hydrogen-bond acceptors (Lipinski definition) is 4. The number of hydrogen-bond donors (Lipinski definition) is 3. The van der Waals surface area contributed by atoms with Gasteiger partial charge in [0.15, 0.2) is 0 Å². The standard InChI is InChI=1S/C7H10BN3O3/c1-2-6(8(13)14)10-7(12)11-4-3-9-5-11/h2-6,13-14H,1H2,(H,10,12). The number of nitrogens with zero attached hydrogens (tertiary/aromatic N) is 2. The zero-order chi connectivity index (χ0) is 10.6. The van der Waals surface area contributed by atoms with Gasteiger partial charge in [-0.2, -0.15) is 0 Å². The van der Waals surface area contributed by atoms with Crippen molar-refractivity contribution in [2.24, 2.45) is 0 Å². The average molecular weight is 195 g/mol. The van der Waals surface area contributed by atoms with E-state index in [4.69, 9.17) is 10.0 Å². The van der Waals surface area contributed by atoms with Crippen LogP contribution in [0.2, 0.25) is 0 Å². The van der Waals surface area contributed by atoms with Crippen LogP contribution in [0.4, 0.5) is 4.79 Å². The number of imidazole rings is 1. The van der Waals surface area contributed by atoms with Crippen LogP contribution in [0, 0.1) is 0 Å². The largest absolute Gasteiger partial charge is 0.479 e. The van der Waals surface area contributed by atoms with Crippen molar-refractivity contribution in [1.82, 2.24) is 14.9 Å². The lowest BCUT2D eigenvalue weighted by molar-refractivity contribution is 0.240. The summed E-state index contributed by atoms with van der Waals surface area (Å²) in [4.78, 5) is 15.0. The van der Waals surface area contributed by atoms with Gasteiger partial charge in [-0.1, -0.05) is 6.08 Å². The Bertz CT molecular complexity index is 312. The molecule has 0 spiro atoms. The van der Waals surface area contributed by atoms with E-state index in [1.807, 2.05) is 0 Å². The lowest BCUT2D eigenvalue weighted by atomic mass is 9.80. The van der Waals surface area contributed by atoms with Crippen molar-refractivity contribution in [2.45, 2.75) is 5.94 Å². The van der Waals surface area contributed by atoms with E-state index >= 15 is 0 Å². The molecule has 14 heavy (non-hydrogen) atoms. The number of carbonyl (C=O) groups excluding carboxylic acids is 1. The molecular weight excluding hydrogens is 185 g/mol. The van der Waals surface area contributed by atoms with Gasteiger partial charge in [-0.3, -0.25) is 4.57 Å². The van der Waals surface area contributed by atoms with Gasteiger partial charge in [0.2, 0.25) is 0 Å². The van der Waals surface area contributed by atoms with Crippen molar-refractivity contribution in [3.05, 3.63) is 31.4 Å². The Morgan fingerprint density at radius 2 is 2.43 bits per heavy atom. The Morgan fingerprint density at radius 3 is 2.86 bits per heavy atom. The van der Waals surface area contributed by atoms with Gasteiger partial charge >= 0.3 is 13.1 Å². The van der Waals surface area contributed by atoms with Crippen LogP contribution in [0.5, 0.6) is 0 Å². The van der Waals surface area contributed by atoms with Crippen LogP contribution < -0.4 is 5.32 Å². The molecule has 0 aliphatic rings. The molecule has 1 heterocycles. The molecule has 1 amide bonds. The number of carbonyl (C=O) groups is 1. The molecule has 0 saturated heterocycles. The summed E-state index contributed by atoms with van der Waals surface area (Å²) in [5.41, 5.74) is 0. The molecule has 0 aromatic carbocycles. The number of rotatable bonds is 3. The van der Waals surface area contributed by atoms with Crippen LogP contribution in [0.15, 0.2) is 31.4 Å². The summed E-state index contributed by atoms with van der Waals surface area (Å²) in [5.74, 6) is -0.898. The lowest BCUT2D eigenvalue weighted by Crippen LogP contribution is -2.46. The Balaban J connectivity index is 2.60. The van der Waals surface area contributed by atoms with Gasteiger partial charge in [0.1, 0.15) is 6.33 Å². The van der Waals surface area contributed by atoms with Gasteiger partial charge in [0.05, 0.1) is 5.94 Å². The third-order valence-corrected chi connectivity index (χ3v) is 1.60. The highest BCUT2D eigenvalue weighted by molar-refractivity contribution is 6.44. The zero-order valence-corrected chi connectivity index (χ0v) is 7.37. The quantitative estimate of drug-likeness (QED) is 0.426. The summed E-state index contributed by atoms with van der Waals surface area (Å²) < 4.78 is 1.18. The molecule has 0 fully saturated rings. The number of nitrogens with one attached hydrogen (secondary N) is 1. The molecular formula is C7H10BN3O3. The first-order valence-electron chi connectivity index (χ1n) is 3.92. The molecule has 0 aliphatic heterocycles. The van der Waals surface area contributed by atoms with Crippen molar-refractivity contribution in [2.75, 3.05) is 0 Å². The molecule has 1 aromatic heterocycles. The van der Waals surface area contributed by atoms with Crippen molar-refractivity contribution in [3.8, 4) is 0 Å². The summed E-state index contributed by atoms with van der Waals surface area (Å²) >= 11 is 0. The van der Waals surface area contributed by atoms with Crippen molar-refractivity contribution in [1.29, 1.82) is 0 Å². The normalized spacial score (nSPS) is 11.9. The van der Waals surface area contributed by atoms with Crippen LogP contribution >= 0.6 is 0 Å². The summed E-state index contributed by atoms with van der Waals surface area (Å²) in [6, 6.07) is -0.500. The van der Waals surface area contributed by atoms with E-state index in [0.29, 0.717) is 0 Å². The second kappa shape index (κ2) is 4.59. The molecule has 1 atom stereocenters. The fraction of sp³-hybridized carbons (Fsp3) is 0.143. The van der Waals surface area contributed by atoms with E-state index in [0.717, 1.165) is 0 Å². The molecule has 0 aliphatic carbocycles. The molecule has 0 bridgehead atoms. The van der Waals surface area contributed by atoms with Crippen molar-refractivity contribution in [3.63, 3.8) is 0 Å². The van der Waals surface area contributed by atoms with Crippen LogP contribution in [0.25, 0.3) is 0 Å². The summed E-state index contributed by atoms with van der Waals surface area (Å²) in [6.45, 7) is 3.36. The maximum absolute atomic E-state index is 11.3. The zero-order valence-electron chi connectivity index (χ0n) is 7.37. The third kappa shape index (κ3) is 2.44. The summed E-state index contributed by atoms with van der Waals surface area (Å²) in [5, 5.41) is 19.9. The predicted molar refractivity (Wildman–Crippen MR) is 50.3 cm³/mol. The van der Waals surface area contributed by atoms with Crippen LogP contribution in [-0.2, 0) is 0 Å². The molecule has 3 N–H and O–H groups in total. The number of amides is 1. The van der Waals surface area contributed by atoms with Gasteiger partial charge in [-0.15, -0.1) is 6.58 Å². The van der Waals surface area contributed by atoms with Crippen LogP contribution in [0.1, 0.15) is 0 Å². The Morgan fingerprint density at radius 1 is 1.71 bits per heavy atom. The minimum absolute atomic E-state index is 0.500. The molecule has 6 nitrogen and oxygen atoms in total. The fourth-order valence-electron chi connectivity index (χ4n) is 0.852. The lowest BCUT2D eigenvalue weighted by Gasteiger charge is -2.12. The molecule has 1 aromatic rings. The topological polar surface area (TPSA) is 87.4 Å². The maximum atomic E-state index is 11.3. The summed E-state index contributed by atoms with van der Waals surface area (Å²) in [6.07, 6.45) is 5.43. The van der Waals surface area contributed by atoms with Crippen molar-refractivity contribution >= 4 is 13.1 Å². The minimum Gasteiger partial charge on any atom is -0.426 e. The third-order valence-electron chi connectivity index (χ3n) is 1.60. The first-order valence-corrected chi connectivity index (χ1v) is 3.92. The van der Waals surface area contributed by atoms with Crippen LogP contribution in [0.3, 0.4) is 0 Å². The maximum Gasteiger partial charge on any atom is 0.479 e. The van der Waals surface area contributed by atoms with E-state index in [1.165, 1.54) is 29.4 Å². The summed E-state index contributed by atoms with van der Waals surface area (Å²) in [7, 11) is -1.67. The van der Waals surface area contributed by atoms with Gasteiger partial charge < -0.3 is 15.4 Å². The molecule has 1 rings (SSSR count). The van der Waals surface area contributed by atoms with Gasteiger partial charge in [0.25, 0.3) is 0 Å². The van der Waals surface area contributed by atoms with Crippen LogP contribution in [-0.4, -0.2) is 38.7 Å². The highest BCUT2D eigenvalue weighted by Crippen LogP contribution is 1.91. The second-order valence-electron chi connectivity index (χ2n) is 2.59. The van der Waals surface area contributed by atoms with Gasteiger partial charge in [0, 0.05) is 12.4 Å². The Hall–Kier alpha value is -1.60. The first kappa shape index (κ1) is 10.5. The first-order chi connectivity index (χ1) is 6.65. The van der Waals surface area contributed by atoms with Gasteiger partial charge in [-0.05, 0) is 0 Å². The van der Waals surface area contributed by atoms with E-state index in [-0.39, 0.29) is 0 Å². The smallest absolute Gasteiger partial charge is 0.426 e. The van der Waals surface area contributed by atoms with E-state index in [9.17, 15) is 4.79 Å². The Labute approximate surface area is 81.0 Å². The highest BCUT2D eigenvalue weighted by Gasteiger charge is 2.22. The highest BCUT2D eigenvalue weighted by atomic mass is 16.4. The number of aromatic nitrogens is 2.